The predicted octanol–water partition coefficient (Wildman–Crippen LogP) is 19.7. The van der Waals surface area contributed by atoms with Crippen LogP contribution in [0.15, 0.2) is 304 Å². The number of nitriles is 1. The molecule has 0 amide bonds. The van der Waals surface area contributed by atoms with E-state index < -0.39 is 0 Å². The number of aromatic nitrogens is 7. The summed E-state index contributed by atoms with van der Waals surface area (Å²) in [6.45, 7) is 0. The third-order valence-electron chi connectivity index (χ3n) is 16.8. The van der Waals surface area contributed by atoms with Crippen molar-refractivity contribution < 1.29 is 0 Å². The second-order valence-electron chi connectivity index (χ2n) is 22.0. The van der Waals surface area contributed by atoms with Crippen LogP contribution in [0.1, 0.15) is 5.56 Å². The molecule has 16 aromatic rings. The molecule has 16 rings (SSSR count). The van der Waals surface area contributed by atoms with E-state index in [4.69, 9.17) is 24.9 Å². The number of hydrogen-bond donors (Lipinski definition) is 0. The highest BCUT2D eigenvalue weighted by atomic mass is 15.1. The number of pyridine rings is 5. The molecule has 410 valence electrons. The molecular weight excluding hydrogens is 1070 g/mol. The Bertz CT molecular complexity index is 5050. The quantitative estimate of drug-likeness (QED) is 0.128. The first-order valence-electron chi connectivity index (χ1n) is 29.3. The maximum absolute atomic E-state index is 10.5. The van der Waals surface area contributed by atoms with Gasteiger partial charge in [0.2, 0.25) is 0 Å². The van der Waals surface area contributed by atoms with Gasteiger partial charge in [-0.05, 0) is 94.5 Å². The SMILES string of the molecule is N#Cc1cccc(-c2cc(-n3c4cc(-c5ccc(-c6ccccc6)nc5)ccc4c4ccc(-c5ccc(-c6ccccc6)nc5)cc43)ncc2-n2c3cc(-c4ccc(-c5ccccc5)nc4)ccc3c3ccc(-c4ccc(-c5ccccc5)nc4)cc32)c1. The summed E-state index contributed by atoms with van der Waals surface area (Å²) in [5.74, 6) is 0.710. The second-order valence-corrected chi connectivity index (χ2v) is 22.0. The Morgan fingerprint density at radius 1 is 0.250 bits per heavy atom. The van der Waals surface area contributed by atoms with Crippen molar-refractivity contribution in [3.05, 3.63) is 310 Å². The number of rotatable bonds is 11. The van der Waals surface area contributed by atoms with E-state index in [2.05, 4.69) is 197 Å². The number of nitrogens with zero attached hydrogens (tertiary/aromatic N) is 8. The van der Waals surface area contributed by atoms with Crippen LogP contribution in [0.3, 0.4) is 0 Å². The van der Waals surface area contributed by atoms with E-state index in [0.717, 1.165) is 150 Å². The molecule has 0 saturated heterocycles. The zero-order valence-electron chi connectivity index (χ0n) is 47.4. The lowest BCUT2D eigenvalue weighted by Crippen LogP contribution is -2.04. The Morgan fingerprint density at radius 2 is 0.580 bits per heavy atom. The highest BCUT2D eigenvalue weighted by Crippen LogP contribution is 2.43. The molecule has 0 aliphatic rings. The van der Waals surface area contributed by atoms with Gasteiger partial charge in [0.25, 0.3) is 0 Å². The van der Waals surface area contributed by atoms with Crippen molar-refractivity contribution in [3.8, 4) is 118 Å². The molecule has 0 aliphatic heterocycles. The molecule has 8 heteroatoms. The molecule has 7 heterocycles. The minimum Gasteiger partial charge on any atom is -0.307 e. The van der Waals surface area contributed by atoms with Gasteiger partial charge >= 0.3 is 0 Å². The molecule has 0 spiro atoms. The monoisotopic (exact) mass is 1120 g/mol. The summed E-state index contributed by atoms with van der Waals surface area (Å²) < 4.78 is 4.64. The Kier molecular flexibility index (Phi) is 12.7. The normalized spacial score (nSPS) is 11.4. The van der Waals surface area contributed by atoms with Crippen LogP contribution in [0.2, 0.25) is 0 Å². The molecule has 0 aliphatic carbocycles. The van der Waals surface area contributed by atoms with Crippen LogP contribution in [0.5, 0.6) is 0 Å². The van der Waals surface area contributed by atoms with Crippen molar-refractivity contribution >= 4 is 43.6 Å². The highest BCUT2D eigenvalue weighted by molar-refractivity contribution is 6.13. The topological polar surface area (TPSA) is 98.1 Å². The van der Waals surface area contributed by atoms with Gasteiger partial charge < -0.3 is 4.57 Å². The summed E-state index contributed by atoms with van der Waals surface area (Å²) in [5.41, 5.74) is 23.1. The Hall–Kier alpha value is -12.2. The second kappa shape index (κ2) is 21.8. The summed E-state index contributed by atoms with van der Waals surface area (Å²) in [4.78, 5) is 25.4. The fourth-order valence-corrected chi connectivity index (χ4v) is 12.4. The van der Waals surface area contributed by atoms with E-state index >= 15 is 0 Å². The zero-order valence-corrected chi connectivity index (χ0v) is 47.4. The molecule has 0 saturated carbocycles. The van der Waals surface area contributed by atoms with Crippen molar-refractivity contribution in [2.24, 2.45) is 0 Å². The smallest absolute Gasteiger partial charge is 0.138 e. The van der Waals surface area contributed by atoms with Crippen molar-refractivity contribution in [1.29, 1.82) is 5.26 Å². The van der Waals surface area contributed by atoms with Crippen molar-refractivity contribution in [2.75, 3.05) is 0 Å². The summed E-state index contributed by atoms with van der Waals surface area (Å²) >= 11 is 0. The summed E-state index contributed by atoms with van der Waals surface area (Å²) in [5, 5.41) is 14.8. The third-order valence-corrected chi connectivity index (χ3v) is 16.8. The summed E-state index contributed by atoms with van der Waals surface area (Å²) in [7, 11) is 0. The lowest BCUT2D eigenvalue weighted by molar-refractivity contribution is 1.06. The maximum Gasteiger partial charge on any atom is 0.138 e. The average molecular weight is 1120 g/mol. The van der Waals surface area contributed by atoms with Gasteiger partial charge in [-0.15, -0.1) is 0 Å². The van der Waals surface area contributed by atoms with Gasteiger partial charge in [-0.2, -0.15) is 5.26 Å². The van der Waals surface area contributed by atoms with Crippen molar-refractivity contribution in [1.82, 2.24) is 34.1 Å². The minimum atomic E-state index is 0.552. The van der Waals surface area contributed by atoms with E-state index in [9.17, 15) is 5.26 Å². The predicted molar refractivity (Wildman–Crippen MR) is 358 cm³/mol. The Morgan fingerprint density at radius 3 is 0.909 bits per heavy atom. The molecule has 7 aromatic heterocycles. The minimum absolute atomic E-state index is 0.552. The highest BCUT2D eigenvalue weighted by Gasteiger charge is 2.23. The Balaban J connectivity index is 0.915. The zero-order chi connectivity index (χ0) is 58.5. The van der Waals surface area contributed by atoms with E-state index in [-0.39, 0.29) is 0 Å². The average Bonchev–Trinajstić information content (AvgIpc) is 2.15. The van der Waals surface area contributed by atoms with Crippen molar-refractivity contribution in [3.63, 3.8) is 0 Å². The fourth-order valence-electron chi connectivity index (χ4n) is 12.4. The van der Waals surface area contributed by atoms with Gasteiger partial charge in [-0.25, -0.2) is 4.98 Å². The van der Waals surface area contributed by atoms with Gasteiger partial charge in [0.05, 0.1) is 68.4 Å². The van der Waals surface area contributed by atoms with Gasteiger partial charge in [0.1, 0.15) is 5.82 Å². The standard InChI is InChI=1S/C80H50N8/c81-46-52-14-13-23-61(40-52)70-45-80(88-77-43-59(64-30-38-73(84-49-64)55-19-9-3-10-20-55)26-34-68(77)69-35-27-60(44-78(69)88)65-31-39-74(85-50-65)56-21-11-4-12-22-56)86-51-79(70)87-75-41-57(62-28-36-71(82-47-62)53-15-5-1-6-16-53)24-32-66(75)67-33-25-58(42-76(67)87)63-29-37-72(83-48-63)54-17-7-2-8-18-54/h1-45,47-51H. The largest absolute Gasteiger partial charge is 0.307 e. The van der Waals surface area contributed by atoms with Crippen LogP contribution in [0, 0.1) is 11.3 Å². The van der Waals surface area contributed by atoms with Crippen molar-refractivity contribution in [2.45, 2.75) is 0 Å². The molecule has 8 nitrogen and oxygen atoms in total. The van der Waals surface area contributed by atoms with E-state index in [1.165, 1.54) is 0 Å². The van der Waals surface area contributed by atoms with Crippen LogP contribution in [-0.2, 0) is 0 Å². The molecule has 0 radical (unpaired) electrons. The number of hydrogen-bond acceptors (Lipinski definition) is 6. The van der Waals surface area contributed by atoms with Gasteiger partial charge in [0, 0.05) is 96.4 Å². The first kappa shape index (κ1) is 51.5. The molecule has 9 aromatic carbocycles. The summed E-state index contributed by atoms with van der Waals surface area (Å²) in [6.07, 6.45) is 9.86. The van der Waals surface area contributed by atoms with Gasteiger partial charge in [0.15, 0.2) is 0 Å². The van der Waals surface area contributed by atoms with Crippen LogP contribution in [0.25, 0.3) is 156 Å². The van der Waals surface area contributed by atoms with Crippen LogP contribution < -0.4 is 0 Å². The summed E-state index contributed by atoms with van der Waals surface area (Å²) in [6, 6.07) is 97.3. The molecule has 0 atom stereocenters. The van der Waals surface area contributed by atoms with Gasteiger partial charge in [-0.3, -0.25) is 24.5 Å². The Labute approximate surface area is 507 Å². The van der Waals surface area contributed by atoms with Gasteiger partial charge in [-0.1, -0.05) is 206 Å². The third kappa shape index (κ3) is 9.33. The molecule has 0 N–H and O–H groups in total. The van der Waals surface area contributed by atoms with Crippen LogP contribution in [0.4, 0.5) is 0 Å². The molecule has 0 unspecified atom stereocenters. The molecular formula is C80H50N8. The molecule has 0 bridgehead atoms. The van der Waals surface area contributed by atoms with E-state index in [1.807, 2.05) is 122 Å². The molecule has 88 heavy (non-hydrogen) atoms. The maximum atomic E-state index is 10.5. The number of fused-ring (bicyclic) bond motifs is 6. The first-order chi connectivity index (χ1) is 43.5. The first-order valence-corrected chi connectivity index (χ1v) is 29.3. The molecule has 0 fully saturated rings. The van der Waals surface area contributed by atoms with Crippen LogP contribution in [-0.4, -0.2) is 34.1 Å². The number of benzene rings is 9. The van der Waals surface area contributed by atoms with E-state index in [0.29, 0.717) is 11.4 Å². The van der Waals surface area contributed by atoms with Crippen LogP contribution >= 0.6 is 0 Å². The lowest BCUT2D eigenvalue weighted by atomic mass is 10.0. The lowest BCUT2D eigenvalue weighted by Gasteiger charge is -2.17. The fraction of sp³-hybridized carbons (Fsp3) is 0. The van der Waals surface area contributed by atoms with E-state index in [1.54, 1.807) is 0 Å².